The van der Waals surface area contributed by atoms with Crippen molar-refractivity contribution in [1.29, 1.82) is 0 Å². The molecule has 0 aliphatic rings. The van der Waals surface area contributed by atoms with Gasteiger partial charge in [-0.1, -0.05) is 84.9 Å². The SMILES string of the molecule is C(=Nc1nc2ccccc2n1Cc1ccccc1)c1cccc2ccccc12. The number of hydrogen-bond donors (Lipinski definition) is 0. The molecule has 134 valence electrons. The van der Waals surface area contributed by atoms with Crippen LogP contribution < -0.4 is 0 Å². The second-order valence-electron chi connectivity index (χ2n) is 6.80. The summed E-state index contributed by atoms with van der Waals surface area (Å²) in [5.41, 5.74) is 4.38. The number of nitrogens with zero attached hydrogens (tertiary/aromatic N) is 3. The van der Waals surface area contributed by atoms with Crippen molar-refractivity contribution in [1.82, 2.24) is 9.55 Å². The minimum absolute atomic E-state index is 0.720. The van der Waals surface area contributed by atoms with Gasteiger partial charge in [0.15, 0.2) is 0 Å². The minimum Gasteiger partial charge on any atom is -0.304 e. The first-order valence-electron chi connectivity index (χ1n) is 9.39. The molecule has 0 aliphatic carbocycles. The molecular formula is C25H19N3. The van der Waals surface area contributed by atoms with Crippen molar-refractivity contribution in [3.05, 3.63) is 108 Å². The Balaban J connectivity index is 1.60. The highest BCUT2D eigenvalue weighted by Gasteiger charge is 2.10. The van der Waals surface area contributed by atoms with Gasteiger partial charge in [0.2, 0.25) is 5.95 Å². The zero-order chi connectivity index (χ0) is 18.8. The van der Waals surface area contributed by atoms with Crippen molar-refractivity contribution in [2.45, 2.75) is 6.54 Å². The van der Waals surface area contributed by atoms with E-state index in [0.717, 1.165) is 29.1 Å². The molecule has 0 atom stereocenters. The van der Waals surface area contributed by atoms with Crippen LogP contribution in [0.5, 0.6) is 0 Å². The predicted octanol–water partition coefficient (Wildman–Crippen LogP) is 5.99. The summed E-state index contributed by atoms with van der Waals surface area (Å²) in [6, 6.07) is 33.3. The number of fused-ring (bicyclic) bond motifs is 2. The molecule has 0 fully saturated rings. The molecule has 0 spiro atoms. The Morgan fingerprint density at radius 2 is 1.50 bits per heavy atom. The van der Waals surface area contributed by atoms with E-state index in [9.17, 15) is 0 Å². The molecule has 3 nitrogen and oxygen atoms in total. The number of rotatable bonds is 4. The quantitative estimate of drug-likeness (QED) is 0.362. The number of benzene rings is 4. The molecule has 4 aromatic carbocycles. The minimum atomic E-state index is 0.720. The first kappa shape index (κ1) is 16.5. The van der Waals surface area contributed by atoms with Crippen molar-refractivity contribution < 1.29 is 0 Å². The van der Waals surface area contributed by atoms with Crippen LogP contribution in [0.4, 0.5) is 5.95 Å². The van der Waals surface area contributed by atoms with Gasteiger partial charge in [0.05, 0.1) is 17.6 Å². The Morgan fingerprint density at radius 1 is 0.750 bits per heavy atom. The number of hydrogen-bond acceptors (Lipinski definition) is 2. The zero-order valence-electron chi connectivity index (χ0n) is 15.4. The van der Waals surface area contributed by atoms with Crippen molar-refractivity contribution in [2.75, 3.05) is 0 Å². The average Bonchev–Trinajstić information content (AvgIpc) is 3.10. The maximum atomic E-state index is 4.79. The normalized spacial score (nSPS) is 11.6. The molecule has 0 amide bonds. The van der Waals surface area contributed by atoms with Gasteiger partial charge in [-0.15, -0.1) is 0 Å². The fraction of sp³-hybridized carbons (Fsp3) is 0.0400. The molecule has 0 saturated heterocycles. The number of aromatic nitrogens is 2. The Kier molecular flexibility index (Phi) is 4.19. The van der Waals surface area contributed by atoms with E-state index in [0.29, 0.717) is 0 Å². The van der Waals surface area contributed by atoms with E-state index in [1.165, 1.54) is 16.3 Å². The molecule has 1 heterocycles. The lowest BCUT2D eigenvalue weighted by Gasteiger charge is -2.07. The van der Waals surface area contributed by atoms with Crippen LogP contribution in [0.3, 0.4) is 0 Å². The predicted molar refractivity (Wildman–Crippen MR) is 116 cm³/mol. The molecule has 5 aromatic rings. The van der Waals surface area contributed by atoms with E-state index in [1.54, 1.807) is 0 Å². The summed E-state index contributed by atoms with van der Waals surface area (Å²) in [6.07, 6.45) is 1.92. The summed E-state index contributed by atoms with van der Waals surface area (Å²) in [6.45, 7) is 0.740. The smallest absolute Gasteiger partial charge is 0.230 e. The average molecular weight is 361 g/mol. The van der Waals surface area contributed by atoms with Gasteiger partial charge in [0.25, 0.3) is 0 Å². The first-order valence-corrected chi connectivity index (χ1v) is 9.39. The van der Waals surface area contributed by atoms with E-state index in [4.69, 9.17) is 9.98 Å². The molecule has 0 unspecified atom stereocenters. The summed E-state index contributed by atoms with van der Waals surface area (Å²) in [4.78, 5) is 9.56. The molecule has 3 heteroatoms. The van der Waals surface area contributed by atoms with Crippen LogP contribution in [0.15, 0.2) is 102 Å². The summed E-state index contributed by atoms with van der Waals surface area (Å²) >= 11 is 0. The molecule has 0 radical (unpaired) electrons. The topological polar surface area (TPSA) is 30.2 Å². The van der Waals surface area contributed by atoms with Crippen molar-refractivity contribution in [3.63, 3.8) is 0 Å². The van der Waals surface area contributed by atoms with Gasteiger partial charge in [-0.2, -0.15) is 0 Å². The van der Waals surface area contributed by atoms with Crippen molar-refractivity contribution in [3.8, 4) is 0 Å². The van der Waals surface area contributed by atoms with Gasteiger partial charge in [-0.05, 0) is 28.5 Å². The highest BCUT2D eigenvalue weighted by atomic mass is 15.2. The second kappa shape index (κ2) is 7.12. The molecule has 5 rings (SSSR count). The standard InChI is InChI=1S/C25H19N3/c1-2-9-19(10-3-1)18-28-24-16-7-6-15-23(24)27-25(28)26-17-21-13-8-12-20-11-4-5-14-22(20)21/h1-17H,18H2. The Morgan fingerprint density at radius 3 is 2.43 bits per heavy atom. The molecule has 0 saturated carbocycles. The van der Waals surface area contributed by atoms with E-state index >= 15 is 0 Å². The van der Waals surface area contributed by atoms with Crippen molar-refractivity contribution in [2.24, 2.45) is 4.99 Å². The fourth-order valence-corrected chi connectivity index (χ4v) is 3.57. The molecule has 0 aliphatic heterocycles. The maximum Gasteiger partial charge on any atom is 0.230 e. The molecule has 28 heavy (non-hydrogen) atoms. The van der Waals surface area contributed by atoms with Crippen LogP contribution in [0.25, 0.3) is 21.8 Å². The number of imidazole rings is 1. The Labute approximate surface area is 163 Å². The summed E-state index contributed by atoms with van der Waals surface area (Å²) in [5.74, 6) is 0.720. The summed E-state index contributed by atoms with van der Waals surface area (Å²) in [5, 5.41) is 2.41. The third-order valence-electron chi connectivity index (χ3n) is 4.96. The lowest BCUT2D eigenvalue weighted by molar-refractivity contribution is 0.827. The largest absolute Gasteiger partial charge is 0.304 e. The van der Waals surface area contributed by atoms with Gasteiger partial charge in [0, 0.05) is 11.8 Å². The van der Waals surface area contributed by atoms with Crippen LogP contribution >= 0.6 is 0 Å². The molecule has 0 bridgehead atoms. The third-order valence-corrected chi connectivity index (χ3v) is 4.96. The lowest BCUT2D eigenvalue weighted by atomic mass is 10.1. The monoisotopic (exact) mass is 361 g/mol. The van der Waals surface area contributed by atoms with E-state index in [1.807, 2.05) is 30.5 Å². The van der Waals surface area contributed by atoms with Crippen molar-refractivity contribution >= 4 is 34.0 Å². The van der Waals surface area contributed by atoms with Crippen LogP contribution in [-0.2, 0) is 6.54 Å². The van der Waals surface area contributed by atoms with Gasteiger partial charge in [-0.3, -0.25) is 0 Å². The van der Waals surface area contributed by atoms with Gasteiger partial charge in [0.1, 0.15) is 0 Å². The highest BCUT2D eigenvalue weighted by Crippen LogP contribution is 2.24. The van der Waals surface area contributed by atoms with Gasteiger partial charge < -0.3 is 4.57 Å². The van der Waals surface area contributed by atoms with E-state index in [2.05, 4.69) is 77.4 Å². The van der Waals surface area contributed by atoms with Crippen LogP contribution in [-0.4, -0.2) is 15.8 Å². The van der Waals surface area contributed by atoms with E-state index in [-0.39, 0.29) is 0 Å². The van der Waals surface area contributed by atoms with Crippen LogP contribution in [0.1, 0.15) is 11.1 Å². The second-order valence-corrected chi connectivity index (χ2v) is 6.80. The molecule has 1 aromatic heterocycles. The van der Waals surface area contributed by atoms with Gasteiger partial charge in [-0.25, -0.2) is 9.98 Å². The third kappa shape index (κ3) is 3.08. The van der Waals surface area contributed by atoms with Gasteiger partial charge >= 0.3 is 0 Å². The lowest BCUT2D eigenvalue weighted by Crippen LogP contribution is -1.99. The molecule has 0 N–H and O–H groups in total. The molecular weight excluding hydrogens is 342 g/mol. The zero-order valence-corrected chi connectivity index (χ0v) is 15.4. The maximum absolute atomic E-state index is 4.79. The van der Waals surface area contributed by atoms with E-state index < -0.39 is 0 Å². The number of aliphatic imine (C=N–C) groups is 1. The Bertz CT molecular complexity index is 1280. The van der Waals surface area contributed by atoms with Crippen LogP contribution in [0, 0.1) is 0 Å². The number of para-hydroxylation sites is 2. The summed E-state index contributed by atoms with van der Waals surface area (Å²) in [7, 11) is 0. The highest BCUT2D eigenvalue weighted by molar-refractivity contribution is 6.00. The Hall–Kier alpha value is -3.72. The summed E-state index contributed by atoms with van der Waals surface area (Å²) < 4.78 is 2.17. The fourth-order valence-electron chi connectivity index (χ4n) is 3.57. The first-order chi connectivity index (χ1) is 13.9. The van der Waals surface area contributed by atoms with Crippen LogP contribution in [0.2, 0.25) is 0 Å².